The van der Waals surface area contributed by atoms with Crippen molar-refractivity contribution in [3.05, 3.63) is 24.0 Å². The Kier molecular flexibility index (Phi) is 4.34. The molecule has 2 atom stereocenters. The third-order valence-electron chi connectivity index (χ3n) is 4.06. The summed E-state index contributed by atoms with van der Waals surface area (Å²) < 4.78 is 39.8. The van der Waals surface area contributed by atoms with E-state index >= 15 is 0 Å². The molecule has 112 valence electrons. The van der Waals surface area contributed by atoms with E-state index < -0.39 is 15.8 Å². The minimum atomic E-state index is -3.75. The largest absolute Gasteiger partial charge is 0.398 e. The monoisotopic (exact) mass is 300 g/mol. The van der Waals surface area contributed by atoms with Crippen LogP contribution in [0.4, 0.5) is 10.1 Å². The van der Waals surface area contributed by atoms with Crippen molar-refractivity contribution in [2.24, 2.45) is 5.92 Å². The van der Waals surface area contributed by atoms with Crippen LogP contribution in [0.2, 0.25) is 0 Å². The molecule has 1 aliphatic carbocycles. The molecular weight excluding hydrogens is 279 g/mol. The second-order valence-corrected chi connectivity index (χ2v) is 7.59. The highest BCUT2D eigenvalue weighted by atomic mass is 32.2. The second-order valence-electron chi connectivity index (χ2n) is 5.63. The fourth-order valence-corrected chi connectivity index (χ4v) is 4.34. The van der Waals surface area contributed by atoms with Gasteiger partial charge in [-0.1, -0.05) is 19.8 Å². The van der Waals surface area contributed by atoms with Crippen molar-refractivity contribution in [3.63, 3.8) is 0 Å². The van der Waals surface area contributed by atoms with Crippen molar-refractivity contribution in [2.75, 3.05) is 12.8 Å². The van der Waals surface area contributed by atoms with E-state index in [1.54, 1.807) is 7.05 Å². The molecule has 0 heterocycles. The molecule has 0 aromatic heterocycles. The average Bonchev–Trinajstić information content (AvgIpc) is 2.40. The number of halogens is 1. The molecule has 0 radical (unpaired) electrons. The van der Waals surface area contributed by atoms with Crippen molar-refractivity contribution in [3.8, 4) is 0 Å². The maximum atomic E-state index is 13.3. The van der Waals surface area contributed by atoms with E-state index in [9.17, 15) is 12.8 Å². The number of nitrogens with two attached hydrogens (primary N) is 1. The lowest BCUT2D eigenvalue weighted by Gasteiger charge is -2.33. The maximum Gasteiger partial charge on any atom is 0.245 e. The van der Waals surface area contributed by atoms with Gasteiger partial charge in [0, 0.05) is 13.1 Å². The molecule has 20 heavy (non-hydrogen) atoms. The van der Waals surface area contributed by atoms with Crippen LogP contribution in [0.5, 0.6) is 0 Å². The zero-order chi connectivity index (χ0) is 14.9. The number of hydrogen-bond donors (Lipinski definition) is 1. The van der Waals surface area contributed by atoms with E-state index in [0.717, 1.165) is 37.8 Å². The summed E-state index contributed by atoms with van der Waals surface area (Å²) in [6.07, 6.45) is 3.83. The van der Waals surface area contributed by atoms with Gasteiger partial charge in [0.15, 0.2) is 0 Å². The second kappa shape index (κ2) is 5.69. The first-order valence-electron chi connectivity index (χ1n) is 6.85. The number of rotatable bonds is 3. The number of anilines is 1. The third-order valence-corrected chi connectivity index (χ3v) is 6.02. The minimum Gasteiger partial charge on any atom is -0.398 e. The summed E-state index contributed by atoms with van der Waals surface area (Å²) in [6.45, 7) is 2.13. The molecule has 0 amide bonds. The Morgan fingerprint density at radius 2 is 2.05 bits per heavy atom. The van der Waals surface area contributed by atoms with Gasteiger partial charge in [-0.3, -0.25) is 0 Å². The van der Waals surface area contributed by atoms with Gasteiger partial charge in [-0.05, 0) is 37.0 Å². The van der Waals surface area contributed by atoms with Crippen LogP contribution in [-0.2, 0) is 10.0 Å². The summed E-state index contributed by atoms with van der Waals surface area (Å²) in [6, 6.07) is 3.41. The summed E-state index contributed by atoms with van der Waals surface area (Å²) in [5.74, 6) is -0.0838. The van der Waals surface area contributed by atoms with Crippen LogP contribution in [-0.4, -0.2) is 25.8 Å². The molecule has 0 bridgehead atoms. The number of nitrogens with zero attached hydrogens (tertiary/aromatic N) is 1. The SMILES string of the molecule is CC1CCCC(N(C)S(=O)(=O)c2cc(F)ccc2N)C1. The number of nitrogen functional groups attached to an aromatic ring is 1. The molecule has 1 aliphatic rings. The third kappa shape index (κ3) is 2.96. The van der Waals surface area contributed by atoms with E-state index in [4.69, 9.17) is 5.73 Å². The van der Waals surface area contributed by atoms with Crippen LogP contribution in [0.1, 0.15) is 32.6 Å². The highest BCUT2D eigenvalue weighted by Gasteiger charge is 2.32. The summed E-state index contributed by atoms with van der Waals surface area (Å²) in [5.41, 5.74) is 5.78. The van der Waals surface area contributed by atoms with Crippen LogP contribution >= 0.6 is 0 Å². The predicted molar refractivity (Wildman–Crippen MR) is 77.2 cm³/mol. The quantitative estimate of drug-likeness (QED) is 0.873. The van der Waals surface area contributed by atoms with Crippen molar-refractivity contribution >= 4 is 15.7 Å². The molecule has 2 rings (SSSR count). The predicted octanol–water partition coefficient (Wildman–Crippen LogP) is 2.61. The maximum absolute atomic E-state index is 13.3. The lowest BCUT2D eigenvalue weighted by atomic mass is 9.87. The first-order valence-corrected chi connectivity index (χ1v) is 8.29. The Labute approximate surface area is 119 Å². The lowest BCUT2D eigenvalue weighted by molar-refractivity contribution is 0.239. The molecule has 1 aromatic rings. The van der Waals surface area contributed by atoms with Crippen LogP contribution in [0.25, 0.3) is 0 Å². The minimum absolute atomic E-state index is 0.0357. The first kappa shape index (κ1) is 15.3. The van der Waals surface area contributed by atoms with Gasteiger partial charge in [0.1, 0.15) is 10.7 Å². The highest BCUT2D eigenvalue weighted by Crippen LogP contribution is 2.31. The Morgan fingerprint density at radius 3 is 2.70 bits per heavy atom. The number of hydrogen-bond acceptors (Lipinski definition) is 3. The molecular formula is C14H21FN2O2S. The molecule has 1 fully saturated rings. The van der Waals surface area contributed by atoms with Crippen LogP contribution in [0, 0.1) is 11.7 Å². The van der Waals surface area contributed by atoms with Crippen molar-refractivity contribution in [2.45, 2.75) is 43.5 Å². The van der Waals surface area contributed by atoms with Gasteiger partial charge < -0.3 is 5.73 Å². The molecule has 0 spiro atoms. The Balaban J connectivity index is 2.31. The van der Waals surface area contributed by atoms with Gasteiger partial charge >= 0.3 is 0 Å². The van der Waals surface area contributed by atoms with E-state index in [0.29, 0.717) is 5.92 Å². The topological polar surface area (TPSA) is 63.4 Å². The van der Waals surface area contributed by atoms with Gasteiger partial charge in [0.25, 0.3) is 0 Å². The van der Waals surface area contributed by atoms with E-state index in [2.05, 4.69) is 6.92 Å². The first-order chi connectivity index (χ1) is 9.32. The van der Waals surface area contributed by atoms with Crippen molar-refractivity contribution in [1.82, 2.24) is 4.31 Å². The van der Waals surface area contributed by atoms with Crippen LogP contribution in [0.15, 0.2) is 23.1 Å². The van der Waals surface area contributed by atoms with Gasteiger partial charge in [-0.2, -0.15) is 4.31 Å². The zero-order valence-electron chi connectivity index (χ0n) is 11.8. The van der Waals surface area contributed by atoms with Crippen molar-refractivity contribution < 1.29 is 12.8 Å². The zero-order valence-corrected chi connectivity index (χ0v) is 12.7. The fraction of sp³-hybridized carbons (Fsp3) is 0.571. The molecule has 0 saturated heterocycles. The molecule has 2 N–H and O–H groups in total. The van der Waals surface area contributed by atoms with Gasteiger partial charge in [0.05, 0.1) is 5.69 Å². The molecule has 6 heteroatoms. The van der Waals surface area contributed by atoms with Gasteiger partial charge in [-0.15, -0.1) is 0 Å². The molecule has 0 aliphatic heterocycles. The Hall–Kier alpha value is -1.14. The summed E-state index contributed by atoms with van der Waals surface area (Å²) in [5, 5.41) is 0. The smallest absolute Gasteiger partial charge is 0.245 e. The van der Waals surface area contributed by atoms with E-state index in [-0.39, 0.29) is 16.6 Å². The normalized spacial score (nSPS) is 24.0. The van der Waals surface area contributed by atoms with Crippen LogP contribution in [0.3, 0.4) is 0 Å². The molecule has 1 aromatic carbocycles. The van der Waals surface area contributed by atoms with Crippen molar-refractivity contribution in [1.29, 1.82) is 0 Å². The van der Waals surface area contributed by atoms with E-state index in [1.165, 1.54) is 10.4 Å². The summed E-state index contributed by atoms with van der Waals surface area (Å²) in [4.78, 5) is -0.141. The fourth-order valence-electron chi connectivity index (χ4n) is 2.82. The Morgan fingerprint density at radius 1 is 1.35 bits per heavy atom. The number of benzene rings is 1. The Bertz CT molecular complexity index is 589. The molecule has 2 unspecified atom stereocenters. The van der Waals surface area contributed by atoms with Crippen LogP contribution < -0.4 is 5.73 Å². The van der Waals surface area contributed by atoms with Gasteiger partial charge in [-0.25, -0.2) is 12.8 Å². The molecule has 4 nitrogen and oxygen atoms in total. The van der Waals surface area contributed by atoms with E-state index in [1.807, 2.05) is 0 Å². The van der Waals surface area contributed by atoms with Gasteiger partial charge in [0.2, 0.25) is 10.0 Å². The average molecular weight is 300 g/mol. The summed E-state index contributed by atoms with van der Waals surface area (Å²) in [7, 11) is -2.19. The molecule has 1 saturated carbocycles. The summed E-state index contributed by atoms with van der Waals surface area (Å²) >= 11 is 0. The lowest BCUT2D eigenvalue weighted by Crippen LogP contribution is -2.40. The number of sulfonamides is 1. The standard InChI is InChI=1S/C14H21FN2O2S/c1-10-4-3-5-12(8-10)17(2)20(18,19)14-9-11(15)6-7-13(14)16/h6-7,9-10,12H,3-5,8,16H2,1-2H3. The highest BCUT2D eigenvalue weighted by molar-refractivity contribution is 7.89.